The number of carboxylic acids is 1. The standard InChI is InChI=1S/C18H24N2O2/c1-4-18(5-2,17(21)22)12-19-11-14-9-13(3)16-15(10-14)7-6-8-20-16/h6-10,19H,4-5,11-12H2,1-3H3,(H,21,22). The summed E-state index contributed by atoms with van der Waals surface area (Å²) in [6.45, 7) is 7.08. The molecular weight excluding hydrogens is 276 g/mol. The van der Waals surface area contributed by atoms with E-state index in [1.54, 1.807) is 6.20 Å². The van der Waals surface area contributed by atoms with Crippen LogP contribution < -0.4 is 5.32 Å². The molecule has 0 radical (unpaired) electrons. The molecule has 0 atom stereocenters. The maximum Gasteiger partial charge on any atom is 0.310 e. The van der Waals surface area contributed by atoms with E-state index in [1.165, 1.54) is 0 Å². The van der Waals surface area contributed by atoms with E-state index in [0.29, 0.717) is 25.9 Å². The number of aromatic nitrogens is 1. The number of aryl methyl sites for hydroxylation is 1. The van der Waals surface area contributed by atoms with Gasteiger partial charge in [0.1, 0.15) is 0 Å². The molecule has 0 aliphatic carbocycles. The van der Waals surface area contributed by atoms with Crippen molar-refractivity contribution < 1.29 is 9.90 Å². The molecule has 2 N–H and O–H groups in total. The second kappa shape index (κ2) is 6.88. The van der Waals surface area contributed by atoms with E-state index in [9.17, 15) is 9.90 Å². The lowest BCUT2D eigenvalue weighted by Gasteiger charge is -2.27. The van der Waals surface area contributed by atoms with Gasteiger partial charge in [0.05, 0.1) is 10.9 Å². The van der Waals surface area contributed by atoms with Gasteiger partial charge in [0, 0.05) is 24.7 Å². The SMILES string of the molecule is CCC(CC)(CNCc1cc(C)c2ncccc2c1)C(=O)O. The second-order valence-corrected chi connectivity index (χ2v) is 5.88. The van der Waals surface area contributed by atoms with Crippen LogP contribution in [0.25, 0.3) is 10.9 Å². The van der Waals surface area contributed by atoms with E-state index < -0.39 is 11.4 Å². The first-order valence-corrected chi connectivity index (χ1v) is 7.81. The molecule has 1 aromatic heterocycles. The summed E-state index contributed by atoms with van der Waals surface area (Å²) >= 11 is 0. The lowest BCUT2D eigenvalue weighted by molar-refractivity contribution is -0.149. The molecule has 0 saturated carbocycles. The van der Waals surface area contributed by atoms with E-state index >= 15 is 0 Å². The third kappa shape index (κ3) is 3.28. The van der Waals surface area contributed by atoms with Crippen LogP contribution in [0.4, 0.5) is 0 Å². The lowest BCUT2D eigenvalue weighted by Crippen LogP contribution is -2.40. The quantitative estimate of drug-likeness (QED) is 0.821. The van der Waals surface area contributed by atoms with Gasteiger partial charge in [-0.1, -0.05) is 26.0 Å². The van der Waals surface area contributed by atoms with Crippen molar-refractivity contribution in [2.24, 2.45) is 5.41 Å². The molecule has 4 nitrogen and oxygen atoms in total. The molecule has 118 valence electrons. The Bertz CT molecular complexity index is 663. The number of hydrogen-bond donors (Lipinski definition) is 2. The second-order valence-electron chi connectivity index (χ2n) is 5.88. The maximum absolute atomic E-state index is 11.5. The molecule has 2 rings (SSSR count). The molecule has 22 heavy (non-hydrogen) atoms. The minimum absolute atomic E-state index is 0.486. The topological polar surface area (TPSA) is 62.2 Å². The molecule has 0 saturated heterocycles. The number of fused-ring (bicyclic) bond motifs is 1. The normalized spacial score (nSPS) is 11.8. The molecule has 1 aromatic carbocycles. The monoisotopic (exact) mass is 300 g/mol. The molecular formula is C18H24N2O2. The van der Waals surface area contributed by atoms with E-state index in [2.05, 4.69) is 35.4 Å². The summed E-state index contributed by atoms with van der Waals surface area (Å²) < 4.78 is 0. The van der Waals surface area contributed by atoms with E-state index in [1.807, 2.05) is 19.9 Å². The first-order valence-electron chi connectivity index (χ1n) is 7.81. The molecule has 0 fully saturated rings. The summed E-state index contributed by atoms with van der Waals surface area (Å²) in [4.78, 5) is 15.9. The van der Waals surface area contributed by atoms with Crippen LogP contribution in [-0.2, 0) is 11.3 Å². The number of benzene rings is 1. The van der Waals surface area contributed by atoms with Crippen LogP contribution in [0.1, 0.15) is 37.8 Å². The van der Waals surface area contributed by atoms with Gasteiger partial charge in [-0.3, -0.25) is 9.78 Å². The fraction of sp³-hybridized carbons (Fsp3) is 0.444. The first-order chi connectivity index (χ1) is 10.5. The van der Waals surface area contributed by atoms with Gasteiger partial charge >= 0.3 is 5.97 Å². The van der Waals surface area contributed by atoms with E-state index in [-0.39, 0.29) is 0 Å². The minimum atomic E-state index is -0.719. The lowest BCUT2D eigenvalue weighted by atomic mass is 9.82. The molecule has 0 unspecified atom stereocenters. The van der Waals surface area contributed by atoms with Crippen molar-refractivity contribution >= 4 is 16.9 Å². The van der Waals surface area contributed by atoms with Gasteiger partial charge in [0.15, 0.2) is 0 Å². The Hall–Kier alpha value is -1.94. The van der Waals surface area contributed by atoms with Crippen molar-refractivity contribution in [1.29, 1.82) is 0 Å². The number of nitrogens with zero attached hydrogens (tertiary/aromatic N) is 1. The number of aliphatic carboxylic acids is 1. The zero-order chi connectivity index (χ0) is 16.2. The van der Waals surface area contributed by atoms with Crippen LogP contribution in [0.2, 0.25) is 0 Å². The van der Waals surface area contributed by atoms with Gasteiger partial charge in [-0.2, -0.15) is 0 Å². The van der Waals surface area contributed by atoms with Crippen molar-refractivity contribution in [3.63, 3.8) is 0 Å². The fourth-order valence-electron chi connectivity index (χ4n) is 2.88. The highest BCUT2D eigenvalue weighted by atomic mass is 16.4. The summed E-state index contributed by atoms with van der Waals surface area (Å²) in [5.74, 6) is -0.719. The number of carbonyl (C=O) groups is 1. The van der Waals surface area contributed by atoms with Gasteiger partial charge in [-0.15, -0.1) is 0 Å². The van der Waals surface area contributed by atoms with Crippen LogP contribution in [0.15, 0.2) is 30.5 Å². The van der Waals surface area contributed by atoms with Crippen LogP contribution in [-0.4, -0.2) is 22.6 Å². The molecule has 2 aromatic rings. The predicted molar refractivity (Wildman–Crippen MR) is 88.8 cm³/mol. The summed E-state index contributed by atoms with van der Waals surface area (Å²) in [7, 11) is 0. The summed E-state index contributed by atoms with van der Waals surface area (Å²) in [5, 5.41) is 13.9. The molecule has 0 spiro atoms. The smallest absolute Gasteiger partial charge is 0.310 e. The Morgan fingerprint density at radius 1 is 1.32 bits per heavy atom. The van der Waals surface area contributed by atoms with Crippen molar-refractivity contribution in [3.8, 4) is 0 Å². The number of pyridine rings is 1. The maximum atomic E-state index is 11.5. The van der Waals surface area contributed by atoms with Gasteiger partial charge in [0.2, 0.25) is 0 Å². The Morgan fingerprint density at radius 3 is 2.68 bits per heavy atom. The number of nitrogens with one attached hydrogen (secondary N) is 1. The van der Waals surface area contributed by atoms with Gasteiger partial charge in [0.25, 0.3) is 0 Å². The van der Waals surface area contributed by atoms with Crippen molar-refractivity contribution in [2.45, 2.75) is 40.2 Å². The van der Waals surface area contributed by atoms with Crippen LogP contribution in [0.5, 0.6) is 0 Å². The van der Waals surface area contributed by atoms with E-state index in [4.69, 9.17) is 0 Å². The number of hydrogen-bond acceptors (Lipinski definition) is 3. The molecule has 4 heteroatoms. The number of carboxylic acid groups (broad SMARTS) is 1. The van der Waals surface area contributed by atoms with Crippen molar-refractivity contribution in [1.82, 2.24) is 10.3 Å². The average molecular weight is 300 g/mol. The third-order valence-electron chi connectivity index (χ3n) is 4.55. The predicted octanol–water partition coefficient (Wildman–Crippen LogP) is 3.52. The van der Waals surface area contributed by atoms with Gasteiger partial charge < -0.3 is 10.4 Å². The number of rotatable bonds is 7. The zero-order valence-corrected chi connectivity index (χ0v) is 13.5. The Labute approximate surface area is 131 Å². The van der Waals surface area contributed by atoms with Crippen LogP contribution in [0, 0.1) is 12.3 Å². The summed E-state index contributed by atoms with van der Waals surface area (Å²) in [5.41, 5.74) is 2.65. The van der Waals surface area contributed by atoms with Gasteiger partial charge in [-0.25, -0.2) is 0 Å². The largest absolute Gasteiger partial charge is 0.481 e. The highest BCUT2D eigenvalue weighted by Gasteiger charge is 2.34. The average Bonchev–Trinajstić information content (AvgIpc) is 2.51. The first kappa shape index (κ1) is 16.4. The fourth-order valence-corrected chi connectivity index (χ4v) is 2.88. The highest BCUT2D eigenvalue weighted by Crippen LogP contribution is 2.26. The highest BCUT2D eigenvalue weighted by molar-refractivity contribution is 5.82. The Morgan fingerprint density at radius 2 is 2.05 bits per heavy atom. The molecule has 0 aliphatic heterocycles. The minimum Gasteiger partial charge on any atom is -0.481 e. The molecule has 0 aliphatic rings. The van der Waals surface area contributed by atoms with Crippen LogP contribution in [0.3, 0.4) is 0 Å². The van der Waals surface area contributed by atoms with Gasteiger partial charge in [-0.05, 0) is 43.0 Å². The third-order valence-corrected chi connectivity index (χ3v) is 4.55. The summed E-state index contributed by atoms with van der Waals surface area (Å²) in [6.07, 6.45) is 3.07. The van der Waals surface area contributed by atoms with Crippen molar-refractivity contribution in [2.75, 3.05) is 6.54 Å². The Balaban J connectivity index is 2.10. The van der Waals surface area contributed by atoms with E-state index in [0.717, 1.165) is 22.0 Å². The molecule has 0 bridgehead atoms. The Kier molecular flexibility index (Phi) is 5.14. The zero-order valence-electron chi connectivity index (χ0n) is 13.5. The summed E-state index contributed by atoms with van der Waals surface area (Å²) in [6, 6.07) is 8.21. The van der Waals surface area contributed by atoms with Crippen LogP contribution >= 0.6 is 0 Å². The molecule has 1 heterocycles. The molecule has 0 amide bonds. The van der Waals surface area contributed by atoms with Crippen molar-refractivity contribution in [3.05, 3.63) is 41.6 Å².